The number of aliphatic carboxylic acids is 1. The van der Waals surface area contributed by atoms with E-state index in [-0.39, 0.29) is 6.42 Å². The first-order chi connectivity index (χ1) is 6.85. The second kappa shape index (κ2) is 9.83. The normalized spacial score (nSPS) is 10.5. The molecule has 5 heteroatoms. The summed E-state index contributed by atoms with van der Waals surface area (Å²) in [5.41, 5.74) is 0. The Hall–Kier alpha value is -0.710. The topological polar surface area (TPSA) is 57.5 Å². The predicted octanol–water partition coefficient (Wildman–Crippen LogP) is 2.68. The van der Waals surface area contributed by atoms with Crippen LogP contribution >= 0.6 is 0 Å². The van der Waals surface area contributed by atoms with Gasteiger partial charge in [-0.2, -0.15) is 0 Å². The van der Waals surface area contributed by atoms with Crippen molar-refractivity contribution in [3.8, 4) is 0 Å². The van der Waals surface area contributed by atoms with E-state index >= 15 is 0 Å². The molecule has 0 aliphatic heterocycles. The maximum Gasteiger partial charge on any atom is 0.300 e. The van der Waals surface area contributed by atoms with Crippen molar-refractivity contribution in [2.45, 2.75) is 51.9 Å². The summed E-state index contributed by atoms with van der Waals surface area (Å²) in [7, 11) is 0. The van der Waals surface area contributed by atoms with Gasteiger partial charge in [-0.1, -0.05) is 26.2 Å². The predicted molar refractivity (Wildman–Crippen MR) is 54.1 cm³/mol. The average molecular weight is 226 g/mol. The van der Waals surface area contributed by atoms with E-state index in [0.717, 1.165) is 26.2 Å². The molecule has 0 rings (SSSR count). The van der Waals surface area contributed by atoms with Crippen LogP contribution in [0.15, 0.2) is 0 Å². The highest BCUT2D eigenvalue weighted by Gasteiger charge is 2.26. The smallest absolute Gasteiger partial charge is 0.300 e. The molecule has 0 radical (unpaired) electrons. The molecular weight excluding hydrogens is 206 g/mol. The zero-order chi connectivity index (χ0) is 12.3. The molecule has 92 valence electrons. The number of hydrogen-bond acceptors (Lipinski definition) is 2. The van der Waals surface area contributed by atoms with E-state index in [1.165, 1.54) is 0 Å². The van der Waals surface area contributed by atoms with Crippen molar-refractivity contribution in [2.75, 3.05) is 6.61 Å². The Bertz CT molecular complexity index is 157. The number of alkyl halides is 2. The molecule has 0 amide bonds. The maximum atomic E-state index is 12.3. The van der Waals surface area contributed by atoms with Crippen LogP contribution < -0.4 is 0 Å². The molecule has 15 heavy (non-hydrogen) atoms. The lowest BCUT2D eigenvalue weighted by Crippen LogP contribution is -2.20. The van der Waals surface area contributed by atoms with Crippen molar-refractivity contribution in [1.82, 2.24) is 0 Å². The van der Waals surface area contributed by atoms with Crippen LogP contribution in [-0.2, 0) is 4.79 Å². The minimum Gasteiger partial charge on any atom is -0.481 e. The number of carboxylic acids is 1. The van der Waals surface area contributed by atoms with E-state index in [9.17, 15) is 8.78 Å². The van der Waals surface area contributed by atoms with Crippen LogP contribution in [-0.4, -0.2) is 28.7 Å². The first-order valence-corrected chi connectivity index (χ1v) is 5.04. The fraction of sp³-hybridized carbons (Fsp3) is 0.900. The number of halogens is 2. The zero-order valence-electron chi connectivity index (χ0n) is 9.30. The van der Waals surface area contributed by atoms with Gasteiger partial charge in [0.05, 0.1) is 0 Å². The van der Waals surface area contributed by atoms with E-state index in [1.54, 1.807) is 0 Å². The Balaban J connectivity index is 0. The molecule has 0 aliphatic carbocycles. The highest BCUT2D eigenvalue weighted by molar-refractivity contribution is 5.62. The van der Waals surface area contributed by atoms with E-state index in [4.69, 9.17) is 15.0 Å². The van der Waals surface area contributed by atoms with Gasteiger partial charge in [0.15, 0.2) is 0 Å². The molecule has 0 saturated heterocycles. The van der Waals surface area contributed by atoms with Gasteiger partial charge >= 0.3 is 0 Å². The molecule has 3 nitrogen and oxygen atoms in total. The number of hydrogen-bond donors (Lipinski definition) is 2. The summed E-state index contributed by atoms with van der Waals surface area (Å²) in [4.78, 5) is 9.00. The Morgan fingerprint density at radius 3 is 2.07 bits per heavy atom. The molecule has 0 bridgehead atoms. The summed E-state index contributed by atoms with van der Waals surface area (Å²) < 4.78 is 24.7. The van der Waals surface area contributed by atoms with Gasteiger partial charge in [0.2, 0.25) is 0 Å². The van der Waals surface area contributed by atoms with E-state index in [0.29, 0.717) is 6.42 Å². The lowest BCUT2D eigenvalue weighted by atomic mass is 10.1. The number of carboxylic acid groups (broad SMARTS) is 1. The van der Waals surface area contributed by atoms with Crippen LogP contribution in [0.2, 0.25) is 0 Å². The Kier molecular flexibility index (Phi) is 11.0. The number of carbonyl (C=O) groups is 1. The van der Waals surface area contributed by atoms with Gasteiger partial charge in [-0.25, -0.2) is 8.78 Å². The molecule has 2 N–H and O–H groups in total. The van der Waals surface area contributed by atoms with Gasteiger partial charge in [-0.05, 0) is 6.42 Å². The molecule has 0 aromatic carbocycles. The van der Waals surface area contributed by atoms with Gasteiger partial charge in [0.1, 0.15) is 6.61 Å². The minimum absolute atomic E-state index is 0.177. The number of aliphatic hydroxyl groups is 1. The van der Waals surface area contributed by atoms with Gasteiger partial charge in [-0.3, -0.25) is 4.79 Å². The molecule has 0 unspecified atom stereocenters. The van der Waals surface area contributed by atoms with Crippen LogP contribution in [0.5, 0.6) is 0 Å². The van der Waals surface area contributed by atoms with Crippen LogP contribution in [0.3, 0.4) is 0 Å². The summed E-state index contributed by atoms with van der Waals surface area (Å²) in [6.07, 6.45) is 3.23. The number of rotatable bonds is 6. The fourth-order valence-corrected chi connectivity index (χ4v) is 0.889. The van der Waals surface area contributed by atoms with Crippen molar-refractivity contribution in [1.29, 1.82) is 0 Å². The molecule has 0 spiro atoms. The third-order valence-corrected chi connectivity index (χ3v) is 1.63. The SMILES string of the molecule is CC(=O)O.CCCCCCC(F)(F)CO. The first-order valence-electron chi connectivity index (χ1n) is 5.04. The molecule has 0 heterocycles. The number of aliphatic hydroxyl groups excluding tert-OH is 1. The summed E-state index contributed by atoms with van der Waals surface area (Å²) in [5.74, 6) is -3.69. The molecule has 0 saturated carbocycles. The lowest BCUT2D eigenvalue weighted by molar-refractivity contribution is -0.134. The third-order valence-electron chi connectivity index (χ3n) is 1.63. The maximum absolute atomic E-state index is 12.3. The lowest BCUT2D eigenvalue weighted by Gasteiger charge is -2.11. The Morgan fingerprint density at radius 2 is 1.73 bits per heavy atom. The van der Waals surface area contributed by atoms with Gasteiger partial charge < -0.3 is 10.2 Å². The number of unbranched alkanes of at least 4 members (excludes halogenated alkanes) is 3. The average Bonchev–Trinajstić information content (AvgIpc) is 2.12. The Labute approximate surface area is 89.1 Å². The molecule has 0 fully saturated rings. The van der Waals surface area contributed by atoms with Crippen molar-refractivity contribution in [3.05, 3.63) is 0 Å². The van der Waals surface area contributed by atoms with E-state index in [2.05, 4.69) is 0 Å². The molecule has 0 aromatic rings. The van der Waals surface area contributed by atoms with Crippen LogP contribution in [0.1, 0.15) is 46.0 Å². The second-order valence-electron chi connectivity index (χ2n) is 3.34. The summed E-state index contributed by atoms with van der Waals surface area (Å²) >= 11 is 0. The van der Waals surface area contributed by atoms with Crippen molar-refractivity contribution in [2.24, 2.45) is 0 Å². The summed E-state index contributed by atoms with van der Waals surface area (Å²) in [5, 5.41) is 15.6. The van der Waals surface area contributed by atoms with Gasteiger partial charge in [-0.15, -0.1) is 0 Å². The largest absolute Gasteiger partial charge is 0.481 e. The molecule has 0 atom stereocenters. The van der Waals surface area contributed by atoms with E-state index < -0.39 is 18.5 Å². The highest BCUT2D eigenvalue weighted by Crippen LogP contribution is 2.20. The van der Waals surface area contributed by atoms with Crippen LogP contribution in [0.25, 0.3) is 0 Å². The van der Waals surface area contributed by atoms with Crippen LogP contribution in [0, 0.1) is 0 Å². The Morgan fingerprint density at radius 1 is 1.27 bits per heavy atom. The van der Waals surface area contributed by atoms with Gasteiger partial charge in [0, 0.05) is 13.3 Å². The highest BCUT2D eigenvalue weighted by atomic mass is 19.3. The van der Waals surface area contributed by atoms with Crippen molar-refractivity contribution in [3.63, 3.8) is 0 Å². The second-order valence-corrected chi connectivity index (χ2v) is 3.34. The quantitative estimate of drug-likeness (QED) is 0.684. The minimum atomic E-state index is -2.85. The monoisotopic (exact) mass is 226 g/mol. The van der Waals surface area contributed by atoms with Gasteiger partial charge in [0.25, 0.3) is 11.9 Å². The van der Waals surface area contributed by atoms with Crippen LogP contribution in [0.4, 0.5) is 8.78 Å². The summed E-state index contributed by atoms with van der Waals surface area (Å²) in [6.45, 7) is 2.10. The third kappa shape index (κ3) is 19.6. The standard InChI is InChI=1S/C8H16F2O.C2H4O2/c1-2-3-4-5-6-8(9,10)7-11;1-2(3)4/h11H,2-7H2,1H3;1H3,(H,3,4). The summed E-state index contributed by atoms with van der Waals surface area (Å²) in [6, 6.07) is 0. The zero-order valence-corrected chi connectivity index (χ0v) is 9.30. The van der Waals surface area contributed by atoms with E-state index in [1.807, 2.05) is 6.92 Å². The fourth-order valence-electron chi connectivity index (χ4n) is 0.889. The molecule has 0 aliphatic rings. The molecular formula is C10H20F2O3. The van der Waals surface area contributed by atoms with Crippen molar-refractivity contribution < 1.29 is 23.8 Å². The first kappa shape index (κ1) is 16.7. The molecule has 0 aromatic heterocycles. The van der Waals surface area contributed by atoms with Crippen molar-refractivity contribution >= 4 is 5.97 Å².